The number of fused-ring (bicyclic) bond motifs is 3. The van der Waals surface area contributed by atoms with Crippen LogP contribution in [0.2, 0.25) is 0 Å². The lowest BCUT2D eigenvalue weighted by Gasteiger charge is -2.50. The second-order valence-electron chi connectivity index (χ2n) is 8.63. The number of aryl methyl sites for hydroxylation is 2. The van der Waals surface area contributed by atoms with Gasteiger partial charge in [0.2, 0.25) is 11.6 Å². The molecule has 1 unspecified atom stereocenters. The molecular weight excluding hydrogens is 408 g/mol. The maximum atomic E-state index is 13.5. The van der Waals surface area contributed by atoms with Crippen molar-refractivity contribution in [3.63, 3.8) is 0 Å². The molecular formula is C25H26N2O5. The molecule has 0 radical (unpaired) electrons. The maximum Gasteiger partial charge on any atom is 0.354 e. The van der Waals surface area contributed by atoms with Gasteiger partial charge in [-0.3, -0.25) is 19.3 Å². The van der Waals surface area contributed by atoms with Gasteiger partial charge in [-0.2, -0.15) is 0 Å². The summed E-state index contributed by atoms with van der Waals surface area (Å²) >= 11 is 0. The Morgan fingerprint density at radius 2 is 1.78 bits per heavy atom. The van der Waals surface area contributed by atoms with Crippen LogP contribution in [-0.2, 0) is 14.3 Å². The number of ether oxygens (including phenoxy) is 1. The van der Waals surface area contributed by atoms with Crippen molar-refractivity contribution >= 4 is 29.3 Å². The quantitative estimate of drug-likeness (QED) is 0.532. The van der Waals surface area contributed by atoms with E-state index in [2.05, 4.69) is 0 Å². The number of rotatable bonds is 5. The van der Waals surface area contributed by atoms with E-state index in [1.807, 2.05) is 19.9 Å². The van der Waals surface area contributed by atoms with Crippen molar-refractivity contribution in [2.75, 3.05) is 11.5 Å². The summed E-state index contributed by atoms with van der Waals surface area (Å²) in [6.45, 7) is 6.98. The predicted octanol–water partition coefficient (Wildman–Crippen LogP) is 3.42. The number of esters is 1. The van der Waals surface area contributed by atoms with Gasteiger partial charge >= 0.3 is 5.97 Å². The standard InChI is InChI=1S/C25H26N2O5/c1-15(2)26-23(30)19-7-5-6-8-20(19)27-22(29)11-12-25(26,27)24(31)32-14-21(28)18-10-9-16(3)17(4)13-18/h5-10,13,15H,11-12,14H2,1-4H3. The van der Waals surface area contributed by atoms with Crippen LogP contribution in [0.5, 0.6) is 0 Å². The molecule has 2 aromatic rings. The number of benzene rings is 2. The van der Waals surface area contributed by atoms with Crippen LogP contribution in [0.15, 0.2) is 42.5 Å². The molecule has 0 aromatic heterocycles. The Bertz CT molecular complexity index is 1140. The van der Waals surface area contributed by atoms with E-state index in [9.17, 15) is 19.2 Å². The molecule has 0 N–H and O–H groups in total. The average molecular weight is 434 g/mol. The minimum absolute atomic E-state index is 0.102. The molecule has 0 aliphatic carbocycles. The molecule has 7 nitrogen and oxygen atoms in total. The fourth-order valence-electron chi connectivity index (χ4n) is 4.62. The predicted molar refractivity (Wildman–Crippen MR) is 118 cm³/mol. The Hall–Kier alpha value is -3.48. The van der Waals surface area contributed by atoms with Gasteiger partial charge in [-0.1, -0.05) is 24.3 Å². The van der Waals surface area contributed by atoms with Crippen molar-refractivity contribution < 1.29 is 23.9 Å². The van der Waals surface area contributed by atoms with Crippen molar-refractivity contribution in [1.29, 1.82) is 0 Å². The van der Waals surface area contributed by atoms with Crippen LogP contribution in [0, 0.1) is 13.8 Å². The molecule has 166 valence electrons. The molecule has 7 heteroatoms. The molecule has 2 aliphatic heterocycles. The van der Waals surface area contributed by atoms with Crippen LogP contribution in [0.4, 0.5) is 5.69 Å². The zero-order valence-corrected chi connectivity index (χ0v) is 18.7. The molecule has 0 saturated carbocycles. The smallest absolute Gasteiger partial charge is 0.354 e. The van der Waals surface area contributed by atoms with Gasteiger partial charge < -0.3 is 9.64 Å². The lowest BCUT2D eigenvalue weighted by molar-refractivity contribution is -0.157. The summed E-state index contributed by atoms with van der Waals surface area (Å²) in [5.74, 6) is -1.70. The first kappa shape index (κ1) is 21.7. The molecule has 2 aliphatic rings. The van der Waals surface area contributed by atoms with Crippen LogP contribution in [0.25, 0.3) is 0 Å². The van der Waals surface area contributed by atoms with E-state index in [0.29, 0.717) is 16.8 Å². The fourth-order valence-corrected chi connectivity index (χ4v) is 4.62. The van der Waals surface area contributed by atoms with Gasteiger partial charge in [0.1, 0.15) is 0 Å². The van der Waals surface area contributed by atoms with E-state index in [4.69, 9.17) is 4.74 Å². The van der Waals surface area contributed by atoms with Gasteiger partial charge in [0, 0.05) is 24.4 Å². The lowest BCUT2D eigenvalue weighted by Crippen LogP contribution is -2.70. The first-order valence-corrected chi connectivity index (χ1v) is 10.7. The highest BCUT2D eigenvalue weighted by Crippen LogP contribution is 2.45. The molecule has 1 fully saturated rings. The number of hydrogen-bond acceptors (Lipinski definition) is 5. The van der Waals surface area contributed by atoms with E-state index in [1.54, 1.807) is 50.2 Å². The molecule has 1 atom stereocenters. The number of para-hydroxylation sites is 1. The Morgan fingerprint density at radius 3 is 2.47 bits per heavy atom. The minimum atomic E-state index is -1.60. The fraction of sp³-hybridized carbons (Fsp3) is 0.360. The van der Waals surface area contributed by atoms with Crippen molar-refractivity contribution in [2.45, 2.75) is 52.2 Å². The third-order valence-corrected chi connectivity index (χ3v) is 6.31. The van der Waals surface area contributed by atoms with Crippen molar-refractivity contribution in [3.8, 4) is 0 Å². The second kappa shape index (κ2) is 7.89. The van der Waals surface area contributed by atoms with Crippen LogP contribution >= 0.6 is 0 Å². The van der Waals surface area contributed by atoms with Crippen molar-refractivity contribution in [3.05, 3.63) is 64.7 Å². The van der Waals surface area contributed by atoms with E-state index >= 15 is 0 Å². The number of ketones is 1. The van der Waals surface area contributed by atoms with Gasteiger partial charge in [-0.15, -0.1) is 0 Å². The van der Waals surface area contributed by atoms with Crippen LogP contribution < -0.4 is 4.90 Å². The summed E-state index contributed by atoms with van der Waals surface area (Å²) in [5.41, 5.74) is 1.64. The molecule has 2 heterocycles. The van der Waals surface area contributed by atoms with Gasteiger partial charge in [-0.05, 0) is 57.0 Å². The van der Waals surface area contributed by atoms with E-state index < -0.39 is 18.2 Å². The summed E-state index contributed by atoms with van der Waals surface area (Å²) in [6.07, 6.45) is 0.214. The molecule has 4 rings (SSSR count). The van der Waals surface area contributed by atoms with Gasteiger partial charge in [0.25, 0.3) is 5.91 Å². The zero-order chi connectivity index (χ0) is 23.2. The number of carbonyl (C=O) groups excluding carboxylic acids is 4. The van der Waals surface area contributed by atoms with E-state index in [-0.39, 0.29) is 36.5 Å². The Kier molecular flexibility index (Phi) is 5.36. The molecule has 32 heavy (non-hydrogen) atoms. The average Bonchev–Trinajstić information content (AvgIpc) is 3.11. The van der Waals surface area contributed by atoms with Crippen molar-refractivity contribution in [2.24, 2.45) is 0 Å². The number of Topliss-reactive ketones (excluding diaryl/α,β-unsaturated/α-hetero) is 1. The maximum absolute atomic E-state index is 13.5. The highest BCUT2D eigenvalue weighted by molar-refractivity contribution is 6.15. The number of carbonyl (C=O) groups is 4. The second-order valence-corrected chi connectivity index (χ2v) is 8.63. The number of nitrogens with zero attached hydrogens (tertiary/aromatic N) is 2. The Balaban J connectivity index is 1.68. The molecule has 0 bridgehead atoms. The largest absolute Gasteiger partial charge is 0.454 e. The molecule has 0 spiro atoms. The first-order valence-electron chi connectivity index (χ1n) is 10.7. The third-order valence-electron chi connectivity index (χ3n) is 6.31. The highest BCUT2D eigenvalue weighted by Gasteiger charge is 2.62. The minimum Gasteiger partial charge on any atom is -0.454 e. The normalized spacial score (nSPS) is 19.8. The summed E-state index contributed by atoms with van der Waals surface area (Å²) < 4.78 is 5.49. The summed E-state index contributed by atoms with van der Waals surface area (Å²) in [6, 6.07) is 11.7. The monoisotopic (exact) mass is 434 g/mol. The number of amides is 2. The third kappa shape index (κ3) is 3.20. The summed E-state index contributed by atoms with van der Waals surface area (Å²) in [7, 11) is 0. The van der Waals surface area contributed by atoms with Crippen LogP contribution in [0.1, 0.15) is 58.5 Å². The summed E-state index contributed by atoms with van der Waals surface area (Å²) in [4.78, 5) is 55.3. The van der Waals surface area contributed by atoms with Crippen LogP contribution in [-0.4, -0.2) is 46.8 Å². The van der Waals surface area contributed by atoms with E-state index in [1.165, 1.54) is 9.80 Å². The SMILES string of the molecule is Cc1ccc(C(=O)COC(=O)C23CCC(=O)N2c2ccccc2C(=O)N3C(C)C)cc1C. The van der Waals surface area contributed by atoms with Crippen LogP contribution in [0.3, 0.4) is 0 Å². The Labute approximate surface area is 187 Å². The topological polar surface area (TPSA) is 84.0 Å². The number of hydrogen-bond donors (Lipinski definition) is 0. The van der Waals surface area contributed by atoms with Gasteiger partial charge in [-0.25, -0.2) is 4.79 Å². The van der Waals surface area contributed by atoms with Gasteiger partial charge in [0.15, 0.2) is 12.4 Å². The summed E-state index contributed by atoms with van der Waals surface area (Å²) in [5, 5.41) is 0. The van der Waals surface area contributed by atoms with Crippen molar-refractivity contribution in [1.82, 2.24) is 4.90 Å². The molecule has 2 aromatic carbocycles. The highest BCUT2D eigenvalue weighted by atomic mass is 16.5. The lowest BCUT2D eigenvalue weighted by atomic mass is 9.95. The molecule has 2 amide bonds. The molecule has 1 saturated heterocycles. The van der Waals surface area contributed by atoms with Gasteiger partial charge in [0.05, 0.1) is 11.3 Å². The Morgan fingerprint density at radius 1 is 1.06 bits per heavy atom. The first-order chi connectivity index (χ1) is 15.2. The zero-order valence-electron chi connectivity index (χ0n) is 18.7. The number of anilines is 1. The van der Waals surface area contributed by atoms with E-state index in [0.717, 1.165) is 11.1 Å².